The van der Waals surface area contributed by atoms with Crippen molar-refractivity contribution in [3.05, 3.63) is 29.8 Å². The maximum atomic E-state index is 11.5. The van der Waals surface area contributed by atoms with Gasteiger partial charge in [0.05, 0.1) is 6.42 Å². The number of anilines is 1. The predicted octanol–water partition coefficient (Wildman–Crippen LogP) is 2.06. The van der Waals surface area contributed by atoms with Crippen LogP contribution in [0.25, 0.3) is 0 Å². The van der Waals surface area contributed by atoms with Crippen molar-refractivity contribution in [1.82, 2.24) is 0 Å². The molecule has 0 atom stereocenters. The zero-order chi connectivity index (χ0) is 13.8. The molecule has 3 N–H and O–H groups in total. The number of ether oxygens (including phenoxy) is 1. The highest BCUT2D eigenvalue weighted by molar-refractivity contribution is 5.85. The van der Waals surface area contributed by atoms with Crippen LogP contribution in [0.2, 0.25) is 0 Å². The third-order valence-corrected chi connectivity index (χ3v) is 1.95. The lowest BCUT2D eigenvalue weighted by Gasteiger charge is -2.19. The third-order valence-electron chi connectivity index (χ3n) is 1.95. The van der Waals surface area contributed by atoms with Crippen molar-refractivity contribution < 1.29 is 14.3 Å². The molecular weight excluding hydrogens is 232 g/mol. The van der Waals surface area contributed by atoms with E-state index >= 15 is 0 Å². The molecular formula is C13H18N2O3. The van der Waals surface area contributed by atoms with Crippen LogP contribution in [-0.2, 0) is 16.0 Å². The minimum atomic E-state index is -0.547. The van der Waals surface area contributed by atoms with Gasteiger partial charge in [-0.1, -0.05) is 12.1 Å². The molecule has 1 aromatic rings. The van der Waals surface area contributed by atoms with Gasteiger partial charge in [-0.2, -0.15) is 0 Å². The van der Waals surface area contributed by atoms with Crippen LogP contribution in [0, 0.1) is 0 Å². The van der Waals surface area contributed by atoms with Crippen molar-refractivity contribution in [2.75, 3.05) is 5.32 Å². The molecule has 5 heteroatoms. The summed E-state index contributed by atoms with van der Waals surface area (Å²) in [6.07, 6.45) is -0.386. The van der Waals surface area contributed by atoms with Crippen molar-refractivity contribution in [1.29, 1.82) is 0 Å². The standard InChI is InChI=1S/C13H18N2O3/c1-13(2,3)18-12(17)15-10-6-4-5-9(7-10)8-11(14)16/h4-7H,8H2,1-3H3,(H2,14,16)(H,15,17). The van der Waals surface area contributed by atoms with Gasteiger partial charge in [0.25, 0.3) is 0 Å². The Morgan fingerprint density at radius 3 is 2.56 bits per heavy atom. The molecule has 0 bridgehead atoms. The van der Waals surface area contributed by atoms with Gasteiger partial charge >= 0.3 is 6.09 Å². The number of benzene rings is 1. The maximum Gasteiger partial charge on any atom is 0.412 e. The van der Waals surface area contributed by atoms with Crippen LogP contribution in [-0.4, -0.2) is 17.6 Å². The van der Waals surface area contributed by atoms with Crippen LogP contribution in [0.1, 0.15) is 26.3 Å². The summed E-state index contributed by atoms with van der Waals surface area (Å²) in [7, 11) is 0. The van der Waals surface area contributed by atoms with Gasteiger partial charge in [-0.15, -0.1) is 0 Å². The van der Waals surface area contributed by atoms with Crippen LogP contribution in [0.15, 0.2) is 24.3 Å². The van der Waals surface area contributed by atoms with Gasteiger partial charge in [0, 0.05) is 5.69 Å². The Labute approximate surface area is 106 Å². The molecule has 0 heterocycles. The molecule has 1 rings (SSSR count). The molecule has 2 amide bonds. The van der Waals surface area contributed by atoms with E-state index in [1.807, 2.05) is 0 Å². The van der Waals surface area contributed by atoms with Gasteiger partial charge in [0.15, 0.2) is 0 Å². The summed E-state index contributed by atoms with van der Waals surface area (Å²) in [4.78, 5) is 22.3. The minimum Gasteiger partial charge on any atom is -0.444 e. The zero-order valence-electron chi connectivity index (χ0n) is 10.8. The van der Waals surface area contributed by atoms with E-state index in [1.165, 1.54) is 0 Å². The summed E-state index contributed by atoms with van der Waals surface area (Å²) in [6.45, 7) is 5.36. The zero-order valence-corrected chi connectivity index (χ0v) is 10.8. The van der Waals surface area contributed by atoms with E-state index in [0.717, 1.165) is 5.56 Å². The number of nitrogens with one attached hydrogen (secondary N) is 1. The molecule has 0 spiro atoms. The number of primary amides is 1. The molecule has 0 aliphatic heterocycles. The molecule has 0 aliphatic rings. The topological polar surface area (TPSA) is 81.4 Å². The molecule has 0 saturated heterocycles. The van der Waals surface area contributed by atoms with Gasteiger partial charge < -0.3 is 10.5 Å². The maximum absolute atomic E-state index is 11.5. The fourth-order valence-corrected chi connectivity index (χ4v) is 1.38. The summed E-state index contributed by atoms with van der Waals surface area (Å²) in [5.41, 5.74) is 5.88. The summed E-state index contributed by atoms with van der Waals surface area (Å²) in [5, 5.41) is 2.60. The second-order valence-corrected chi connectivity index (χ2v) is 4.97. The number of amides is 2. The average Bonchev–Trinajstić information content (AvgIpc) is 2.13. The fraction of sp³-hybridized carbons (Fsp3) is 0.385. The minimum absolute atomic E-state index is 0.143. The largest absolute Gasteiger partial charge is 0.444 e. The Morgan fingerprint density at radius 1 is 1.33 bits per heavy atom. The molecule has 98 valence electrons. The molecule has 0 fully saturated rings. The van der Waals surface area contributed by atoms with Crippen molar-refractivity contribution in [3.8, 4) is 0 Å². The van der Waals surface area contributed by atoms with Crippen LogP contribution in [0.4, 0.5) is 10.5 Å². The molecule has 0 radical (unpaired) electrons. The molecule has 0 unspecified atom stereocenters. The van der Waals surface area contributed by atoms with Crippen LogP contribution < -0.4 is 11.1 Å². The fourth-order valence-electron chi connectivity index (χ4n) is 1.38. The number of nitrogens with two attached hydrogens (primary N) is 1. The van der Waals surface area contributed by atoms with Gasteiger partial charge in [0.1, 0.15) is 5.60 Å². The average molecular weight is 250 g/mol. The lowest BCUT2D eigenvalue weighted by molar-refractivity contribution is -0.117. The summed E-state index contributed by atoms with van der Waals surface area (Å²) in [6, 6.07) is 6.92. The molecule has 0 aliphatic carbocycles. The smallest absolute Gasteiger partial charge is 0.412 e. The predicted molar refractivity (Wildman–Crippen MR) is 69.2 cm³/mol. The van der Waals surface area contributed by atoms with E-state index in [4.69, 9.17) is 10.5 Å². The number of rotatable bonds is 3. The number of carbonyl (C=O) groups is 2. The van der Waals surface area contributed by atoms with E-state index in [0.29, 0.717) is 5.69 Å². The number of hydrogen-bond acceptors (Lipinski definition) is 3. The van der Waals surface area contributed by atoms with Gasteiger partial charge in [0.2, 0.25) is 5.91 Å². The van der Waals surface area contributed by atoms with Gasteiger partial charge in [-0.25, -0.2) is 4.79 Å². The highest BCUT2D eigenvalue weighted by Crippen LogP contribution is 2.13. The first-order valence-electron chi connectivity index (χ1n) is 5.63. The molecule has 0 aromatic heterocycles. The normalized spacial score (nSPS) is 10.8. The Bertz CT molecular complexity index is 450. The van der Waals surface area contributed by atoms with Crippen molar-refractivity contribution in [2.45, 2.75) is 32.8 Å². The van der Waals surface area contributed by atoms with Crippen LogP contribution in [0.5, 0.6) is 0 Å². The van der Waals surface area contributed by atoms with E-state index in [2.05, 4.69) is 5.32 Å². The van der Waals surface area contributed by atoms with Crippen LogP contribution in [0.3, 0.4) is 0 Å². The van der Waals surface area contributed by atoms with Gasteiger partial charge in [-0.05, 0) is 38.5 Å². The summed E-state index contributed by atoms with van der Waals surface area (Å²) >= 11 is 0. The molecule has 0 saturated carbocycles. The highest BCUT2D eigenvalue weighted by atomic mass is 16.6. The van der Waals surface area contributed by atoms with E-state index < -0.39 is 17.6 Å². The van der Waals surface area contributed by atoms with E-state index in [-0.39, 0.29) is 6.42 Å². The number of carbonyl (C=O) groups excluding carboxylic acids is 2. The monoisotopic (exact) mass is 250 g/mol. The lowest BCUT2D eigenvalue weighted by atomic mass is 10.1. The SMILES string of the molecule is CC(C)(C)OC(=O)Nc1cccc(CC(N)=O)c1. The Balaban J connectivity index is 2.67. The van der Waals surface area contributed by atoms with Crippen molar-refractivity contribution >= 4 is 17.7 Å². The molecule has 18 heavy (non-hydrogen) atoms. The lowest BCUT2D eigenvalue weighted by Crippen LogP contribution is -2.27. The van der Waals surface area contributed by atoms with E-state index in [9.17, 15) is 9.59 Å². The summed E-state index contributed by atoms with van der Waals surface area (Å²) < 4.78 is 5.12. The van der Waals surface area contributed by atoms with Crippen LogP contribution >= 0.6 is 0 Å². The Kier molecular flexibility index (Phi) is 4.31. The first kappa shape index (κ1) is 14.0. The molecule has 5 nitrogen and oxygen atoms in total. The quantitative estimate of drug-likeness (QED) is 0.861. The first-order chi connectivity index (χ1) is 8.26. The Hall–Kier alpha value is -2.04. The second-order valence-electron chi connectivity index (χ2n) is 4.97. The van der Waals surface area contributed by atoms with Crippen molar-refractivity contribution in [3.63, 3.8) is 0 Å². The van der Waals surface area contributed by atoms with E-state index in [1.54, 1.807) is 45.0 Å². The first-order valence-corrected chi connectivity index (χ1v) is 5.63. The summed E-state index contributed by atoms with van der Waals surface area (Å²) in [5.74, 6) is -0.413. The second kappa shape index (κ2) is 5.53. The Morgan fingerprint density at radius 2 is 2.00 bits per heavy atom. The molecule has 1 aromatic carbocycles. The highest BCUT2D eigenvalue weighted by Gasteiger charge is 2.16. The third kappa shape index (κ3) is 5.34. The van der Waals surface area contributed by atoms with Crippen molar-refractivity contribution in [2.24, 2.45) is 5.73 Å². The van der Waals surface area contributed by atoms with Gasteiger partial charge in [-0.3, -0.25) is 10.1 Å². The number of hydrogen-bond donors (Lipinski definition) is 2.